The van der Waals surface area contributed by atoms with Gasteiger partial charge < -0.3 is 9.73 Å². The lowest BCUT2D eigenvalue weighted by molar-refractivity contribution is 0.515. The van der Waals surface area contributed by atoms with E-state index in [1.165, 1.54) is 0 Å². The van der Waals surface area contributed by atoms with Crippen LogP contribution in [0.25, 0.3) is 11.3 Å². The molecule has 0 aliphatic carbocycles. The van der Waals surface area contributed by atoms with E-state index in [2.05, 4.69) is 15.3 Å². The molecule has 0 spiro atoms. The van der Waals surface area contributed by atoms with Gasteiger partial charge in [-0.3, -0.25) is 0 Å². The molecule has 0 fully saturated rings. The number of pyridine rings is 1. The zero-order valence-electron chi connectivity index (χ0n) is 12.4. The number of hydrogen-bond acceptors (Lipinski definition) is 5. The third-order valence-electron chi connectivity index (χ3n) is 3.23. The van der Waals surface area contributed by atoms with Crippen molar-refractivity contribution in [2.24, 2.45) is 0 Å². The molecule has 3 aromatic rings. The average Bonchev–Trinajstić information content (AvgIpc) is 2.95. The molecule has 0 aliphatic rings. The van der Waals surface area contributed by atoms with Crippen molar-refractivity contribution in [1.82, 2.24) is 9.97 Å². The molecule has 0 unspecified atom stereocenters. The Labute approximate surface area is 138 Å². The van der Waals surface area contributed by atoms with Crippen LogP contribution in [0.2, 0.25) is 5.02 Å². The predicted octanol–water partition coefficient (Wildman–Crippen LogP) is 4.18. The highest BCUT2D eigenvalue weighted by atomic mass is 35.5. The van der Waals surface area contributed by atoms with Crippen LogP contribution in [0.5, 0.6) is 0 Å². The molecule has 0 bridgehead atoms. The van der Waals surface area contributed by atoms with Crippen molar-refractivity contribution in [1.29, 1.82) is 5.26 Å². The summed E-state index contributed by atoms with van der Waals surface area (Å²) in [6.45, 7) is 2.28. The number of oxazole rings is 1. The number of nitriles is 1. The maximum atomic E-state index is 8.85. The van der Waals surface area contributed by atoms with Crippen LogP contribution in [0.1, 0.15) is 17.3 Å². The predicted molar refractivity (Wildman–Crippen MR) is 88.0 cm³/mol. The topological polar surface area (TPSA) is 74.7 Å². The molecule has 3 rings (SSSR count). The Kier molecular flexibility index (Phi) is 4.26. The van der Waals surface area contributed by atoms with Gasteiger partial charge in [0.1, 0.15) is 17.6 Å². The number of anilines is 1. The molecule has 0 aliphatic heterocycles. The van der Waals surface area contributed by atoms with Gasteiger partial charge in [0.2, 0.25) is 5.89 Å². The maximum Gasteiger partial charge on any atom is 0.214 e. The molecule has 0 amide bonds. The van der Waals surface area contributed by atoms with Gasteiger partial charge in [-0.05, 0) is 43.3 Å². The minimum atomic E-state index is 0.362. The molecule has 23 heavy (non-hydrogen) atoms. The number of aromatic nitrogens is 2. The first-order chi connectivity index (χ1) is 11.2. The van der Waals surface area contributed by atoms with Crippen molar-refractivity contribution in [3.05, 3.63) is 64.8 Å². The van der Waals surface area contributed by atoms with Gasteiger partial charge in [0.15, 0.2) is 5.76 Å². The van der Waals surface area contributed by atoms with E-state index < -0.39 is 0 Å². The van der Waals surface area contributed by atoms with E-state index in [1.54, 1.807) is 18.2 Å². The summed E-state index contributed by atoms with van der Waals surface area (Å²) in [7, 11) is 0. The van der Waals surface area contributed by atoms with Crippen molar-refractivity contribution < 1.29 is 4.42 Å². The number of halogens is 1. The fourth-order valence-electron chi connectivity index (χ4n) is 2.16. The van der Waals surface area contributed by atoms with Crippen LogP contribution >= 0.6 is 11.6 Å². The third kappa shape index (κ3) is 3.50. The van der Waals surface area contributed by atoms with Gasteiger partial charge in [-0.2, -0.15) is 5.26 Å². The first-order valence-corrected chi connectivity index (χ1v) is 7.37. The highest BCUT2D eigenvalue weighted by Crippen LogP contribution is 2.26. The molecule has 6 heteroatoms. The summed E-state index contributed by atoms with van der Waals surface area (Å²) < 4.78 is 5.81. The highest BCUT2D eigenvalue weighted by Gasteiger charge is 2.11. The van der Waals surface area contributed by atoms with Crippen LogP contribution in [-0.2, 0) is 6.54 Å². The van der Waals surface area contributed by atoms with E-state index in [-0.39, 0.29) is 0 Å². The molecular weight excluding hydrogens is 312 g/mol. The van der Waals surface area contributed by atoms with Gasteiger partial charge in [-0.15, -0.1) is 0 Å². The fraction of sp³-hybridized carbons (Fsp3) is 0.118. The molecule has 0 saturated carbocycles. The second-order valence-corrected chi connectivity index (χ2v) is 5.34. The molecule has 0 saturated heterocycles. The Morgan fingerprint density at radius 2 is 1.96 bits per heavy atom. The standard InChI is InChI=1S/C17H13ClN4O/c1-11-17(12-5-7-13(18)8-6-12)23-16(21-11)10-20-15-4-2-3-14(9-19)22-15/h2-8H,10H2,1H3,(H,20,22). The molecule has 0 atom stereocenters. The van der Waals surface area contributed by atoms with Crippen molar-refractivity contribution in [3.8, 4) is 17.4 Å². The molecule has 1 N–H and O–H groups in total. The van der Waals surface area contributed by atoms with E-state index >= 15 is 0 Å². The van der Waals surface area contributed by atoms with Gasteiger partial charge in [0.05, 0.1) is 12.2 Å². The maximum absolute atomic E-state index is 8.85. The Morgan fingerprint density at radius 1 is 1.17 bits per heavy atom. The normalized spacial score (nSPS) is 10.3. The Hall–Kier alpha value is -2.84. The summed E-state index contributed by atoms with van der Waals surface area (Å²) in [5.74, 6) is 1.88. The molecule has 2 heterocycles. The van der Waals surface area contributed by atoms with Crippen LogP contribution in [0, 0.1) is 18.3 Å². The number of rotatable bonds is 4. The van der Waals surface area contributed by atoms with Gasteiger partial charge in [0, 0.05) is 10.6 Å². The molecule has 2 aromatic heterocycles. The third-order valence-corrected chi connectivity index (χ3v) is 3.48. The monoisotopic (exact) mass is 324 g/mol. The summed E-state index contributed by atoms with van der Waals surface area (Å²) >= 11 is 5.90. The van der Waals surface area contributed by atoms with Crippen molar-refractivity contribution in [3.63, 3.8) is 0 Å². The van der Waals surface area contributed by atoms with E-state index in [0.29, 0.717) is 29.0 Å². The van der Waals surface area contributed by atoms with Crippen molar-refractivity contribution in [2.75, 3.05) is 5.32 Å². The summed E-state index contributed by atoms with van der Waals surface area (Å²) in [4.78, 5) is 8.56. The second kappa shape index (κ2) is 6.51. The molecular formula is C17H13ClN4O. The van der Waals surface area contributed by atoms with Gasteiger partial charge in [-0.25, -0.2) is 9.97 Å². The summed E-state index contributed by atoms with van der Waals surface area (Å²) in [5, 5.41) is 12.6. The first-order valence-electron chi connectivity index (χ1n) is 6.99. The van der Waals surface area contributed by atoms with Crippen LogP contribution in [0.3, 0.4) is 0 Å². The van der Waals surface area contributed by atoms with Crippen LogP contribution in [0.15, 0.2) is 46.9 Å². The quantitative estimate of drug-likeness (QED) is 0.779. The second-order valence-electron chi connectivity index (χ2n) is 4.90. The number of aryl methyl sites for hydroxylation is 1. The number of nitrogens with zero attached hydrogens (tertiary/aromatic N) is 3. The summed E-state index contributed by atoms with van der Waals surface area (Å²) in [6.07, 6.45) is 0. The van der Waals surface area contributed by atoms with E-state index in [0.717, 1.165) is 17.0 Å². The van der Waals surface area contributed by atoms with Gasteiger partial charge in [0.25, 0.3) is 0 Å². The summed E-state index contributed by atoms with van der Waals surface area (Å²) in [5.41, 5.74) is 2.10. The molecule has 5 nitrogen and oxygen atoms in total. The minimum absolute atomic E-state index is 0.362. The highest BCUT2D eigenvalue weighted by molar-refractivity contribution is 6.30. The SMILES string of the molecule is Cc1nc(CNc2cccc(C#N)n2)oc1-c1ccc(Cl)cc1. The number of hydrogen-bond donors (Lipinski definition) is 1. The Morgan fingerprint density at radius 3 is 2.70 bits per heavy atom. The molecule has 114 valence electrons. The fourth-order valence-corrected chi connectivity index (χ4v) is 2.28. The largest absolute Gasteiger partial charge is 0.438 e. The first kappa shape index (κ1) is 15.1. The smallest absolute Gasteiger partial charge is 0.214 e. The lowest BCUT2D eigenvalue weighted by Gasteiger charge is -2.02. The van der Waals surface area contributed by atoms with E-state index in [4.69, 9.17) is 21.3 Å². The van der Waals surface area contributed by atoms with Crippen LogP contribution in [0.4, 0.5) is 5.82 Å². The summed E-state index contributed by atoms with van der Waals surface area (Å²) in [6, 6.07) is 14.6. The molecule has 0 radical (unpaired) electrons. The van der Waals surface area contributed by atoms with Gasteiger partial charge in [-0.1, -0.05) is 17.7 Å². The van der Waals surface area contributed by atoms with Crippen molar-refractivity contribution in [2.45, 2.75) is 13.5 Å². The van der Waals surface area contributed by atoms with Gasteiger partial charge >= 0.3 is 0 Å². The number of benzene rings is 1. The van der Waals surface area contributed by atoms with Crippen molar-refractivity contribution >= 4 is 17.4 Å². The number of nitrogens with one attached hydrogen (secondary N) is 1. The van der Waals surface area contributed by atoms with E-state index in [1.807, 2.05) is 37.3 Å². The molecule has 1 aromatic carbocycles. The minimum Gasteiger partial charge on any atom is -0.438 e. The zero-order chi connectivity index (χ0) is 16.2. The van der Waals surface area contributed by atoms with Crippen LogP contribution < -0.4 is 5.32 Å². The Bertz CT molecular complexity index is 865. The zero-order valence-corrected chi connectivity index (χ0v) is 13.1. The lowest BCUT2D eigenvalue weighted by atomic mass is 10.1. The Balaban J connectivity index is 1.76. The average molecular weight is 325 g/mol. The van der Waals surface area contributed by atoms with Crippen LogP contribution in [-0.4, -0.2) is 9.97 Å². The lowest BCUT2D eigenvalue weighted by Crippen LogP contribution is -2.02. The van der Waals surface area contributed by atoms with E-state index in [9.17, 15) is 0 Å².